The number of nitrogens with zero attached hydrogens (tertiary/aromatic N) is 2. The first-order valence-corrected chi connectivity index (χ1v) is 11.1. The van der Waals surface area contributed by atoms with E-state index in [1.54, 1.807) is 16.7 Å². The number of likely N-dealkylation sites (tertiary alicyclic amines) is 1. The van der Waals surface area contributed by atoms with E-state index in [1.165, 1.54) is 12.1 Å². The molecule has 2 aromatic rings. The van der Waals surface area contributed by atoms with Crippen molar-refractivity contribution in [3.63, 3.8) is 0 Å². The number of anilines is 1. The summed E-state index contributed by atoms with van der Waals surface area (Å²) in [7, 11) is 0. The van der Waals surface area contributed by atoms with Gasteiger partial charge in [-0.2, -0.15) is 13.2 Å². The van der Waals surface area contributed by atoms with Gasteiger partial charge in [0, 0.05) is 37.2 Å². The standard InChI is InChI=1S/C22H22F3N3O2S/c1-31-19-5-3-2-4-17(19)26-20(29)28-12-10-21(11-13-28)14-18(27-30-21)15-6-8-16(9-7-15)22(23,24)25/h2-9H,10-14H2,1H3,(H,26,29). The van der Waals surface area contributed by atoms with Crippen LogP contribution in [0.4, 0.5) is 23.7 Å². The fourth-order valence-electron chi connectivity index (χ4n) is 3.86. The van der Waals surface area contributed by atoms with E-state index in [1.807, 2.05) is 30.5 Å². The lowest BCUT2D eigenvalue weighted by atomic mass is 9.85. The lowest BCUT2D eigenvalue weighted by Crippen LogP contribution is -2.48. The number of amides is 2. The van der Waals surface area contributed by atoms with Crippen LogP contribution in [0.2, 0.25) is 0 Å². The lowest BCUT2D eigenvalue weighted by molar-refractivity contribution is -0.137. The van der Waals surface area contributed by atoms with Gasteiger partial charge in [-0.3, -0.25) is 0 Å². The number of benzene rings is 2. The molecule has 2 heterocycles. The van der Waals surface area contributed by atoms with E-state index in [-0.39, 0.29) is 6.03 Å². The summed E-state index contributed by atoms with van der Waals surface area (Å²) in [6.45, 7) is 1.03. The molecule has 164 valence electrons. The van der Waals surface area contributed by atoms with E-state index < -0.39 is 17.3 Å². The second-order valence-corrected chi connectivity index (χ2v) is 8.53. The molecule has 4 rings (SSSR count). The number of para-hydroxylation sites is 1. The highest BCUT2D eigenvalue weighted by Crippen LogP contribution is 2.37. The monoisotopic (exact) mass is 449 g/mol. The molecule has 0 atom stereocenters. The van der Waals surface area contributed by atoms with Crippen LogP contribution in [0.5, 0.6) is 0 Å². The summed E-state index contributed by atoms with van der Waals surface area (Å²) < 4.78 is 38.3. The zero-order valence-corrected chi connectivity index (χ0v) is 17.7. The molecule has 2 amide bonds. The summed E-state index contributed by atoms with van der Waals surface area (Å²) in [5.41, 5.74) is 0.851. The van der Waals surface area contributed by atoms with Crippen LogP contribution in [-0.4, -0.2) is 41.6 Å². The summed E-state index contributed by atoms with van der Waals surface area (Å²) in [4.78, 5) is 21.2. The number of thioether (sulfide) groups is 1. The van der Waals surface area contributed by atoms with Crippen LogP contribution in [0.15, 0.2) is 58.6 Å². The van der Waals surface area contributed by atoms with Gasteiger partial charge in [0.2, 0.25) is 0 Å². The normalized spacial score (nSPS) is 17.9. The Morgan fingerprint density at radius 2 is 1.81 bits per heavy atom. The molecular formula is C22H22F3N3O2S. The third kappa shape index (κ3) is 4.66. The maximum atomic E-state index is 12.8. The van der Waals surface area contributed by atoms with Crippen LogP contribution in [0.1, 0.15) is 30.4 Å². The summed E-state index contributed by atoms with van der Waals surface area (Å²) >= 11 is 1.57. The molecule has 1 saturated heterocycles. The molecule has 1 fully saturated rings. The van der Waals surface area contributed by atoms with Crippen LogP contribution in [0.25, 0.3) is 0 Å². The predicted molar refractivity (Wildman–Crippen MR) is 114 cm³/mol. The minimum atomic E-state index is -4.36. The molecule has 0 unspecified atom stereocenters. The number of carbonyl (C=O) groups excluding carboxylic acids is 1. The number of hydrogen-bond donors (Lipinski definition) is 1. The molecule has 1 N–H and O–H groups in total. The first-order valence-electron chi connectivity index (χ1n) is 9.91. The fourth-order valence-corrected chi connectivity index (χ4v) is 4.41. The average molecular weight is 449 g/mol. The van der Waals surface area contributed by atoms with Crippen molar-refractivity contribution in [3.8, 4) is 0 Å². The first kappa shape index (κ1) is 21.5. The summed E-state index contributed by atoms with van der Waals surface area (Å²) in [5.74, 6) is 0. The predicted octanol–water partition coefficient (Wildman–Crippen LogP) is 5.62. The molecule has 0 aliphatic carbocycles. The van der Waals surface area contributed by atoms with Crippen LogP contribution in [-0.2, 0) is 11.0 Å². The highest BCUT2D eigenvalue weighted by atomic mass is 32.2. The third-order valence-electron chi connectivity index (χ3n) is 5.70. The molecule has 31 heavy (non-hydrogen) atoms. The number of urea groups is 1. The molecule has 0 radical (unpaired) electrons. The van der Waals surface area contributed by atoms with E-state index in [0.29, 0.717) is 43.6 Å². The first-order chi connectivity index (χ1) is 14.8. The summed E-state index contributed by atoms with van der Waals surface area (Å²) in [6.07, 6.45) is -0.668. The SMILES string of the molecule is CSc1ccccc1NC(=O)N1CCC2(CC1)CC(c1ccc(C(F)(F)F)cc1)=NO2. The van der Waals surface area contributed by atoms with Crippen molar-refractivity contribution >= 4 is 29.2 Å². The maximum Gasteiger partial charge on any atom is 0.416 e. The Hall–Kier alpha value is -2.68. The Morgan fingerprint density at radius 3 is 2.45 bits per heavy atom. The van der Waals surface area contributed by atoms with Crippen LogP contribution >= 0.6 is 11.8 Å². The molecule has 0 saturated carbocycles. The molecule has 2 aliphatic heterocycles. The Labute approximate surface area is 182 Å². The van der Waals surface area contributed by atoms with E-state index in [4.69, 9.17) is 4.84 Å². The quantitative estimate of drug-likeness (QED) is 0.619. The van der Waals surface area contributed by atoms with Gasteiger partial charge in [0.15, 0.2) is 0 Å². The summed E-state index contributed by atoms with van der Waals surface area (Å²) in [6, 6.07) is 12.5. The lowest BCUT2D eigenvalue weighted by Gasteiger charge is -2.37. The van der Waals surface area contributed by atoms with Crippen molar-refractivity contribution in [1.82, 2.24) is 4.90 Å². The number of alkyl halides is 3. The fraction of sp³-hybridized carbons (Fsp3) is 0.364. The number of hydrogen-bond acceptors (Lipinski definition) is 4. The Balaban J connectivity index is 1.34. The number of oxime groups is 1. The van der Waals surface area contributed by atoms with Crippen molar-refractivity contribution in [3.05, 3.63) is 59.7 Å². The topological polar surface area (TPSA) is 53.9 Å². The van der Waals surface area contributed by atoms with Gasteiger partial charge >= 0.3 is 12.2 Å². The smallest absolute Gasteiger partial charge is 0.388 e. The van der Waals surface area contributed by atoms with Gasteiger partial charge in [-0.25, -0.2) is 4.79 Å². The molecule has 2 aromatic carbocycles. The maximum absolute atomic E-state index is 12.8. The minimum absolute atomic E-state index is 0.154. The van der Waals surface area contributed by atoms with E-state index in [9.17, 15) is 18.0 Å². The highest BCUT2D eigenvalue weighted by molar-refractivity contribution is 7.98. The van der Waals surface area contributed by atoms with Crippen LogP contribution < -0.4 is 5.32 Å². The van der Waals surface area contributed by atoms with Crippen molar-refractivity contribution in [2.24, 2.45) is 5.16 Å². The van der Waals surface area contributed by atoms with Gasteiger partial charge in [-0.1, -0.05) is 29.4 Å². The minimum Gasteiger partial charge on any atom is -0.388 e. The molecule has 5 nitrogen and oxygen atoms in total. The van der Waals surface area contributed by atoms with Gasteiger partial charge in [0.25, 0.3) is 0 Å². The molecule has 2 aliphatic rings. The zero-order chi connectivity index (χ0) is 22.1. The number of carbonyl (C=O) groups is 1. The van der Waals surface area contributed by atoms with Gasteiger partial charge < -0.3 is 15.1 Å². The van der Waals surface area contributed by atoms with Crippen molar-refractivity contribution in [2.45, 2.75) is 35.9 Å². The second kappa shape index (κ2) is 8.45. The average Bonchev–Trinajstić information content (AvgIpc) is 3.17. The molecular weight excluding hydrogens is 427 g/mol. The largest absolute Gasteiger partial charge is 0.416 e. The van der Waals surface area contributed by atoms with Crippen molar-refractivity contribution in [2.75, 3.05) is 24.7 Å². The number of rotatable bonds is 3. The highest BCUT2D eigenvalue weighted by Gasteiger charge is 2.43. The van der Waals surface area contributed by atoms with Crippen molar-refractivity contribution < 1.29 is 22.8 Å². The number of piperidine rings is 1. The number of halogens is 3. The number of nitrogens with one attached hydrogen (secondary N) is 1. The molecule has 9 heteroatoms. The molecule has 0 aromatic heterocycles. The Bertz CT molecular complexity index is 984. The molecule has 0 bridgehead atoms. The van der Waals surface area contributed by atoms with E-state index in [2.05, 4.69) is 10.5 Å². The Morgan fingerprint density at radius 1 is 1.13 bits per heavy atom. The van der Waals surface area contributed by atoms with Gasteiger partial charge in [0.1, 0.15) is 5.60 Å². The van der Waals surface area contributed by atoms with Gasteiger partial charge in [-0.15, -0.1) is 11.8 Å². The Kier molecular flexibility index (Phi) is 5.88. The summed E-state index contributed by atoms with van der Waals surface area (Å²) in [5, 5.41) is 7.12. The van der Waals surface area contributed by atoms with E-state index >= 15 is 0 Å². The van der Waals surface area contributed by atoms with E-state index in [0.717, 1.165) is 22.7 Å². The van der Waals surface area contributed by atoms with Crippen LogP contribution in [0, 0.1) is 0 Å². The molecule has 1 spiro atoms. The van der Waals surface area contributed by atoms with Crippen LogP contribution in [0.3, 0.4) is 0 Å². The second-order valence-electron chi connectivity index (χ2n) is 7.68. The third-order valence-corrected chi connectivity index (χ3v) is 6.49. The van der Waals surface area contributed by atoms with Gasteiger partial charge in [0.05, 0.1) is 17.0 Å². The zero-order valence-electron chi connectivity index (χ0n) is 16.9. The van der Waals surface area contributed by atoms with Crippen molar-refractivity contribution in [1.29, 1.82) is 0 Å². The van der Waals surface area contributed by atoms with Gasteiger partial charge in [-0.05, 0) is 36.1 Å².